The number of piperidine rings is 1. The SMILES string of the molecule is O=C(NCCCc1ccc(Cl)cc1)N1CCC(O)CC1. The number of aliphatic hydroxyl groups is 1. The number of hydrogen-bond acceptors (Lipinski definition) is 2. The second-order valence-electron chi connectivity index (χ2n) is 5.18. The molecule has 0 unspecified atom stereocenters. The second-order valence-corrected chi connectivity index (χ2v) is 5.62. The van der Waals surface area contributed by atoms with Gasteiger partial charge in [-0.3, -0.25) is 0 Å². The van der Waals surface area contributed by atoms with E-state index in [1.807, 2.05) is 24.3 Å². The summed E-state index contributed by atoms with van der Waals surface area (Å²) in [6, 6.07) is 7.77. The molecule has 4 nitrogen and oxygen atoms in total. The minimum Gasteiger partial charge on any atom is -0.393 e. The third-order valence-electron chi connectivity index (χ3n) is 3.58. The van der Waals surface area contributed by atoms with Gasteiger partial charge in [0.1, 0.15) is 0 Å². The molecule has 0 aliphatic carbocycles. The Morgan fingerprint density at radius 3 is 2.60 bits per heavy atom. The highest BCUT2D eigenvalue weighted by atomic mass is 35.5. The van der Waals surface area contributed by atoms with E-state index in [-0.39, 0.29) is 12.1 Å². The van der Waals surface area contributed by atoms with Crippen molar-refractivity contribution in [1.29, 1.82) is 0 Å². The number of nitrogens with one attached hydrogen (secondary N) is 1. The molecule has 1 fully saturated rings. The molecule has 2 amide bonds. The summed E-state index contributed by atoms with van der Waals surface area (Å²) in [6.07, 6.45) is 2.94. The largest absolute Gasteiger partial charge is 0.393 e. The normalized spacial score (nSPS) is 16.2. The Hall–Kier alpha value is -1.26. The molecule has 1 aromatic carbocycles. The van der Waals surface area contributed by atoms with Crippen molar-refractivity contribution in [3.05, 3.63) is 34.9 Å². The van der Waals surface area contributed by atoms with E-state index < -0.39 is 0 Å². The lowest BCUT2D eigenvalue weighted by atomic mass is 10.1. The molecule has 1 aliphatic rings. The lowest BCUT2D eigenvalue weighted by Crippen LogP contribution is -2.45. The average molecular weight is 297 g/mol. The van der Waals surface area contributed by atoms with Gasteiger partial charge in [0.25, 0.3) is 0 Å². The molecule has 1 saturated heterocycles. The molecule has 0 aromatic heterocycles. The molecule has 0 bridgehead atoms. The maximum absolute atomic E-state index is 11.9. The quantitative estimate of drug-likeness (QED) is 0.839. The van der Waals surface area contributed by atoms with Crippen LogP contribution in [-0.4, -0.2) is 41.8 Å². The molecule has 1 heterocycles. The summed E-state index contributed by atoms with van der Waals surface area (Å²) >= 11 is 5.83. The van der Waals surface area contributed by atoms with Crippen LogP contribution < -0.4 is 5.32 Å². The molecule has 5 heteroatoms. The molecular formula is C15H21ClN2O2. The highest BCUT2D eigenvalue weighted by Crippen LogP contribution is 2.11. The first-order chi connectivity index (χ1) is 9.65. The second kappa shape index (κ2) is 7.50. The van der Waals surface area contributed by atoms with Crippen LogP contribution in [0, 0.1) is 0 Å². The van der Waals surface area contributed by atoms with Gasteiger partial charge < -0.3 is 15.3 Å². The van der Waals surface area contributed by atoms with E-state index in [2.05, 4.69) is 5.32 Å². The van der Waals surface area contributed by atoms with Gasteiger partial charge >= 0.3 is 6.03 Å². The van der Waals surface area contributed by atoms with E-state index in [4.69, 9.17) is 11.6 Å². The minimum atomic E-state index is -0.246. The number of amides is 2. The van der Waals surface area contributed by atoms with Crippen LogP contribution >= 0.6 is 11.6 Å². The first-order valence-corrected chi connectivity index (χ1v) is 7.48. The standard InChI is InChI=1S/C15H21ClN2O2/c16-13-5-3-12(4-6-13)2-1-9-17-15(20)18-10-7-14(19)8-11-18/h3-6,14,19H,1-2,7-11H2,(H,17,20). The van der Waals surface area contributed by atoms with Gasteiger partial charge in [-0.05, 0) is 43.4 Å². The molecule has 0 spiro atoms. The van der Waals surface area contributed by atoms with Gasteiger partial charge in [0, 0.05) is 24.7 Å². The van der Waals surface area contributed by atoms with Crippen LogP contribution in [0.1, 0.15) is 24.8 Å². The van der Waals surface area contributed by atoms with E-state index in [9.17, 15) is 9.90 Å². The molecule has 20 heavy (non-hydrogen) atoms. The Morgan fingerprint density at radius 1 is 1.30 bits per heavy atom. The molecule has 0 atom stereocenters. The number of halogens is 1. The molecule has 1 aliphatic heterocycles. The highest BCUT2D eigenvalue weighted by Gasteiger charge is 2.20. The summed E-state index contributed by atoms with van der Waals surface area (Å²) in [4.78, 5) is 13.6. The van der Waals surface area contributed by atoms with Crippen molar-refractivity contribution in [2.45, 2.75) is 31.8 Å². The van der Waals surface area contributed by atoms with Crippen molar-refractivity contribution >= 4 is 17.6 Å². The number of hydrogen-bond donors (Lipinski definition) is 2. The summed E-state index contributed by atoms with van der Waals surface area (Å²) in [5.41, 5.74) is 1.23. The summed E-state index contributed by atoms with van der Waals surface area (Å²) in [6.45, 7) is 1.95. The summed E-state index contributed by atoms with van der Waals surface area (Å²) < 4.78 is 0. The molecular weight excluding hydrogens is 276 g/mol. The van der Waals surface area contributed by atoms with Crippen LogP contribution in [-0.2, 0) is 6.42 Å². The fourth-order valence-corrected chi connectivity index (χ4v) is 2.45. The number of carbonyl (C=O) groups excluding carboxylic acids is 1. The lowest BCUT2D eigenvalue weighted by molar-refractivity contribution is 0.0937. The van der Waals surface area contributed by atoms with Gasteiger partial charge in [0.2, 0.25) is 0 Å². The van der Waals surface area contributed by atoms with Crippen molar-refractivity contribution in [2.75, 3.05) is 19.6 Å². The minimum absolute atomic E-state index is 0.0204. The summed E-state index contributed by atoms with van der Waals surface area (Å²) in [5.74, 6) is 0. The first-order valence-electron chi connectivity index (χ1n) is 7.10. The molecule has 0 saturated carbocycles. The summed E-state index contributed by atoms with van der Waals surface area (Å²) in [5, 5.41) is 13.1. The van der Waals surface area contributed by atoms with Gasteiger partial charge in [0.15, 0.2) is 0 Å². The fraction of sp³-hybridized carbons (Fsp3) is 0.533. The zero-order valence-corrected chi connectivity index (χ0v) is 12.3. The highest BCUT2D eigenvalue weighted by molar-refractivity contribution is 6.30. The molecule has 2 rings (SSSR count). The van der Waals surface area contributed by atoms with Crippen molar-refractivity contribution in [3.8, 4) is 0 Å². The maximum Gasteiger partial charge on any atom is 0.317 e. The van der Waals surface area contributed by atoms with Crippen molar-refractivity contribution in [1.82, 2.24) is 10.2 Å². The van der Waals surface area contributed by atoms with Gasteiger partial charge in [0.05, 0.1) is 6.10 Å². The van der Waals surface area contributed by atoms with E-state index in [1.54, 1.807) is 4.90 Å². The topological polar surface area (TPSA) is 52.6 Å². The predicted molar refractivity (Wildman–Crippen MR) is 80.0 cm³/mol. The first kappa shape index (κ1) is 15.1. The lowest BCUT2D eigenvalue weighted by Gasteiger charge is -2.29. The van der Waals surface area contributed by atoms with Gasteiger partial charge in [-0.2, -0.15) is 0 Å². The van der Waals surface area contributed by atoms with Crippen LogP contribution in [0.2, 0.25) is 5.02 Å². The van der Waals surface area contributed by atoms with Crippen LogP contribution in [0.15, 0.2) is 24.3 Å². The third kappa shape index (κ3) is 4.69. The monoisotopic (exact) mass is 296 g/mol. The number of likely N-dealkylation sites (tertiary alicyclic amines) is 1. The van der Waals surface area contributed by atoms with E-state index >= 15 is 0 Å². The Balaban J connectivity index is 1.63. The third-order valence-corrected chi connectivity index (χ3v) is 3.84. The number of nitrogens with zero attached hydrogens (tertiary/aromatic N) is 1. The Kier molecular flexibility index (Phi) is 5.68. The maximum atomic E-state index is 11.9. The Bertz CT molecular complexity index is 428. The number of carbonyl (C=O) groups is 1. The van der Waals surface area contributed by atoms with Crippen LogP contribution in [0.25, 0.3) is 0 Å². The van der Waals surface area contributed by atoms with E-state index in [1.165, 1.54) is 5.56 Å². The molecule has 0 radical (unpaired) electrons. The Morgan fingerprint density at radius 2 is 1.95 bits per heavy atom. The van der Waals surface area contributed by atoms with Crippen molar-refractivity contribution in [2.24, 2.45) is 0 Å². The zero-order chi connectivity index (χ0) is 14.4. The van der Waals surface area contributed by atoms with Crippen LogP contribution in [0.3, 0.4) is 0 Å². The molecule has 1 aromatic rings. The number of aliphatic hydroxyl groups excluding tert-OH is 1. The summed E-state index contributed by atoms with van der Waals surface area (Å²) in [7, 11) is 0. The van der Waals surface area contributed by atoms with Crippen molar-refractivity contribution < 1.29 is 9.90 Å². The molecule has 110 valence electrons. The smallest absolute Gasteiger partial charge is 0.317 e. The fourth-order valence-electron chi connectivity index (χ4n) is 2.32. The van der Waals surface area contributed by atoms with E-state index in [0.717, 1.165) is 17.9 Å². The van der Waals surface area contributed by atoms with Gasteiger partial charge in [-0.15, -0.1) is 0 Å². The van der Waals surface area contributed by atoms with Crippen molar-refractivity contribution in [3.63, 3.8) is 0 Å². The number of benzene rings is 1. The Labute approximate surface area is 124 Å². The van der Waals surface area contributed by atoms with Gasteiger partial charge in [-0.1, -0.05) is 23.7 Å². The van der Waals surface area contributed by atoms with E-state index in [0.29, 0.717) is 32.5 Å². The zero-order valence-electron chi connectivity index (χ0n) is 11.5. The number of aryl methyl sites for hydroxylation is 1. The number of urea groups is 1. The van der Waals surface area contributed by atoms with Crippen LogP contribution in [0.5, 0.6) is 0 Å². The predicted octanol–water partition coefficient (Wildman–Crippen LogP) is 2.44. The molecule has 2 N–H and O–H groups in total. The average Bonchev–Trinajstić information content (AvgIpc) is 2.46. The van der Waals surface area contributed by atoms with Gasteiger partial charge in [-0.25, -0.2) is 4.79 Å². The van der Waals surface area contributed by atoms with Crippen LogP contribution in [0.4, 0.5) is 4.79 Å². The number of rotatable bonds is 4.